The van der Waals surface area contributed by atoms with Gasteiger partial charge in [-0.2, -0.15) is 0 Å². The van der Waals surface area contributed by atoms with Crippen LogP contribution in [0.5, 0.6) is 0 Å². The fraction of sp³-hybridized carbons (Fsp3) is 0.462. The lowest BCUT2D eigenvalue weighted by atomic mass is 10.0. The molecule has 0 spiro atoms. The number of aryl methyl sites for hydroxylation is 3. The average Bonchev–Trinajstić information content (AvgIpc) is 2.72. The Morgan fingerprint density at radius 2 is 1.63 bits per heavy atom. The SMILES string of the molecule is CC[C@@H](C)NC(=O)[C@@H](CC)N(Cc1cccc(C)c1)C(=O)CCc1ccc(C)cc1. The zero-order valence-electron chi connectivity index (χ0n) is 19.1. The van der Waals surface area contributed by atoms with Crippen molar-refractivity contribution in [3.8, 4) is 0 Å². The zero-order chi connectivity index (χ0) is 22.1. The van der Waals surface area contributed by atoms with Gasteiger partial charge in [0, 0.05) is 19.0 Å². The van der Waals surface area contributed by atoms with Gasteiger partial charge in [0.25, 0.3) is 0 Å². The molecule has 0 aromatic heterocycles. The minimum absolute atomic E-state index is 0.0169. The van der Waals surface area contributed by atoms with Crippen LogP contribution in [0, 0.1) is 13.8 Å². The summed E-state index contributed by atoms with van der Waals surface area (Å²) in [6.45, 7) is 10.6. The number of nitrogens with zero attached hydrogens (tertiary/aromatic N) is 1. The molecule has 0 fully saturated rings. The van der Waals surface area contributed by atoms with Gasteiger partial charge in [0.15, 0.2) is 0 Å². The van der Waals surface area contributed by atoms with E-state index in [0.717, 1.165) is 23.1 Å². The molecule has 30 heavy (non-hydrogen) atoms. The van der Waals surface area contributed by atoms with Crippen LogP contribution < -0.4 is 5.32 Å². The second-order valence-electron chi connectivity index (χ2n) is 8.24. The number of hydrogen-bond acceptors (Lipinski definition) is 2. The normalized spacial score (nSPS) is 12.8. The van der Waals surface area contributed by atoms with Crippen molar-refractivity contribution in [3.05, 3.63) is 70.8 Å². The molecule has 0 bridgehead atoms. The molecular formula is C26H36N2O2. The van der Waals surface area contributed by atoms with Crippen LogP contribution in [-0.4, -0.2) is 28.8 Å². The van der Waals surface area contributed by atoms with Gasteiger partial charge < -0.3 is 10.2 Å². The lowest BCUT2D eigenvalue weighted by molar-refractivity contribution is -0.141. The van der Waals surface area contributed by atoms with E-state index in [1.807, 2.05) is 45.9 Å². The van der Waals surface area contributed by atoms with E-state index in [0.29, 0.717) is 25.8 Å². The predicted octanol–water partition coefficient (Wildman–Crippen LogP) is 4.96. The van der Waals surface area contributed by atoms with Crippen LogP contribution in [0.1, 0.15) is 62.3 Å². The van der Waals surface area contributed by atoms with Crippen molar-refractivity contribution in [1.82, 2.24) is 10.2 Å². The highest BCUT2D eigenvalue weighted by Crippen LogP contribution is 2.16. The Balaban J connectivity index is 2.20. The maximum atomic E-state index is 13.3. The number of benzene rings is 2. The number of nitrogens with one attached hydrogen (secondary N) is 1. The molecule has 4 nitrogen and oxygen atoms in total. The number of hydrogen-bond donors (Lipinski definition) is 1. The van der Waals surface area contributed by atoms with Crippen molar-refractivity contribution in [2.75, 3.05) is 0 Å². The molecule has 2 aromatic rings. The molecule has 0 saturated heterocycles. The lowest BCUT2D eigenvalue weighted by Gasteiger charge is -2.31. The van der Waals surface area contributed by atoms with Gasteiger partial charge in [0.05, 0.1) is 0 Å². The van der Waals surface area contributed by atoms with Crippen LogP contribution in [0.2, 0.25) is 0 Å². The van der Waals surface area contributed by atoms with E-state index in [1.165, 1.54) is 5.56 Å². The lowest BCUT2D eigenvalue weighted by Crippen LogP contribution is -2.50. The highest BCUT2D eigenvalue weighted by molar-refractivity contribution is 5.87. The fourth-order valence-electron chi connectivity index (χ4n) is 3.52. The molecular weight excluding hydrogens is 372 g/mol. The van der Waals surface area contributed by atoms with Crippen LogP contribution in [0.3, 0.4) is 0 Å². The van der Waals surface area contributed by atoms with E-state index < -0.39 is 6.04 Å². The Labute approximate surface area is 181 Å². The van der Waals surface area contributed by atoms with Gasteiger partial charge in [-0.25, -0.2) is 0 Å². The zero-order valence-corrected chi connectivity index (χ0v) is 19.1. The van der Waals surface area contributed by atoms with Gasteiger partial charge in [-0.05, 0) is 51.2 Å². The molecule has 2 amide bonds. The molecule has 0 radical (unpaired) electrons. The van der Waals surface area contributed by atoms with Crippen molar-refractivity contribution in [2.45, 2.75) is 78.9 Å². The summed E-state index contributed by atoms with van der Waals surface area (Å²) in [5, 5.41) is 3.06. The summed E-state index contributed by atoms with van der Waals surface area (Å²) in [4.78, 5) is 28.0. The molecule has 4 heteroatoms. The minimum atomic E-state index is -0.468. The Morgan fingerprint density at radius 3 is 2.23 bits per heavy atom. The topological polar surface area (TPSA) is 49.4 Å². The maximum absolute atomic E-state index is 13.3. The van der Waals surface area contributed by atoms with Crippen molar-refractivity contribution >= 4 is 11.8 Å². The summed E-state index contributed by atoms with van der Waals surface area (Å²) < 4.78 is 0. The van der Waals surface area contributed by atoms with Crippen molar-refractivity contribution in [1.29, 1.82) is 0 Å². The third-order valence-corrected chi connectivity index (χ3v) is 5.57. The second kappa shape index (κ2) is 11.5. The average molecular weight is 409 g/mol. The highest BCUT2D eigenvalue weighted by Gasteiger charge is 2.29. The number of rotatable bonds is 10. The Kier molecular flexibility index (Phi) is 9.10. The van der Waals surface area contributed by atoms with Crippen LogP contribution in [0.15, 0.2) is 48.5 Å². The van der Waals surface area contributed by atoms with E-state index in [1.54, 1.807) is 4.90 Å². The van der Waals surface area contributed by atoms with Crippen molar-refractivity contribution in [2.24, 2.45) is 0 Å². The smallest absolute Gasteiger partial charge is 0.243 e. The van der Waals surface area contributed by atoms with Crippen LogP contribution in [0.4, 0.5) is 0 Å². The molecule has 162 valence electrons. The van der Waals surface area contributed by atoms with E-state index in [-0.39, 0.29) is 17.9 Å². The molecule has 2 rings (SSSR count). The van der Waals surface area contributed by atoms with Gasteiger partial charge in [-0.3, -0.25) is 9.59 Å². The molecule has 2 atom stereocenters. The van der Waals surface area contributed by atoms with Gasteiger partial charge in [0.1, 0.15) is 6.04 Å². The number of carbonyl (C=O) groups is 2. The minimum Gasteiger partial charge on any atom is -0.352 e. The summed E-state index contributed by atoms with van der Waals surface area (Å²) >= 11 is 0. The first-order chi connectivity index (χ1) is 14.3. The van der Waals surface area contributed by atoms with Gasteiger partial charge >= 0.3 is 0 Å². The summed E-state index contributed by atoms with van der Waals surface area (Å²) in [5.74, 6) is -0.0496. The summed E-state index contributed by atoms with van der Waals surface area (Å²) in [6, 6.07) is 16.0. The first-order valence-corrected chi connectivity index (χ1v) is 11.0. The largest absolute Gasteiger partial charge is 0.352 e. The first kappa shape index (κ1) is 23.7. The molecule has 0 aliphatic heterocycles. The number of amides is 2. The third kappa shape index (κ3) is 7.01. The standard InChI is InChI=1S/C26H36N2O2/c1-6-21(5)27-26(30)24(7-2)28(18-23-10-8-9-20(4)17-23)25(29)16-15-22-13-11-19(3)12-14-22/h8-14,17,21,24H,6-7,15-16,18H2,1-5H3,(H,27,30)/t21-,24-/m1/s1. The maximum Gasteiger partial charge on any atom is 0.243 e. The highest BCUT2D eigenvalue weighted by atomic mass is 16.2. The Morgan fingerprint density at radius 1 is 0.933 bits per heavy atom. The number of carbonyl (C=O) groups excluding carboxylic acids is 2. The molecule has 0 saturated carbocycles. The summed E-state index contributed by atoms with van der Waals surface area (Å²) in [7, 11) is 0. The van der Waals surface area contributed by atoms with Crippen LogP contribution in [-0.2, 0) is 22.6 Å². The quantitative estimate of drug-likeness (QED) is 0.604. The van der Waals surface area contributed by atoms with E-state index in [2.05, 4.69) is 42.6 Å². The first-order valence-electron chi connectivity index (χ1n) is 11.0. The predicted molar refractivity (Wildman–Crippen MR) is 123 cm³/mol. The van der Waals surface area contributed by atoms with Gasteiger partial charge in [0.2, 0.25) is 11.8 Å². The third-order valence-electron chi connectivity index (χ3n) is 5.57. The second-order valence-corrected chi connectivity index (χ2v) is 8.24. The molecule has 0 heterocycles. The summed E-state index contributed by atoms with van der Waals surface area (Å²) in [5.41, 5.74) is 4.55. The molecule has 1 N–H and O–H groups in total. The van der Waals surface area contributed by atoms with E-state index in [9.17, 15) is 9.59 Å². The Bertz CT molecular complexity index is 829. The monoisotopic (exact) mass is 408 g/mol. The van der Waals surface area contributed by atoms with Gasteiger partial charge in [-0.1, -0.05) is 73.5 Å². The van der Waals surface area contributed by atoms with Crippen molar-refractivity contribution < 1.29 is 9.59 Å². The fourth-order valence-corrected chi connectivity index (χ4v) is 3.52. The molecule has 0 aliphatic carbocycles. The summed E-state index contributed by atoms with van der Waals surface area (Å²) in [6.07, 6.45) is 2.51. The van der Waals surface area contributed by atoms with Crippen molar-refractivity contribution in [3.63, 3.8) is 0 Å². The molecule has 0 aliphatic rings. The van der Waals surface area contributed by atoms with Crippen LogP contribution >= 0.6 is 0 Å². The van der Waals surface area contributed by atoms with E-state index >= 15 is 0 Å². The Hall–Kier alpha value is -2.62. The van der Waals surface area contributed by atoms with E-state index in [4.69, 9.17) is 0 Å². The van der Waals surface area contributed by atoms with Gasteiger partial charge in [-0.15, -0.1) is 0 Å². The molecule has 2 aromatic carbocycles. The van der Waals surface area contributed by atoms with Crippen LogP contribution in [0.25, 0.3) is 0 Å². The molecule has 0 unspecified atom stereocenters.